The quantitative estimate of drug-likeness (QED) is 0.383. The molecule has 4 aromatic heterocycles. The van der Waals surface area contributed by atoms with Crippen LogP contribution in [0.1, 0.15) is 37.4 Å². The van der Waals surface area contributed by atoms with Gasteiger partial charge in [0.2, 0.25) is 11.8 Å². The summed E-state index contributed by atoms with van der Waals surface area (Å²) in [5.74, 6) is 0.110. The van der Waals surface area contributed by atoms with E-state index in [-0.39, 0.29) is 30.4 Å². The van der Waals surface area contributed by atoms with Gasteiger partial charge >= 0.3 is 12.2 Å². The Morgan fingerprint density at radius 3 is 2.54 bits per heavy atom. The predicted octanol–water partition coefficient (Wildman–Crippen LogP) is 4.03. The van der Waals surface area contributed by atoms with Gasteiger partial charge in [0, 0.05) is 41.8 Å². The Morgan fingerprint density at radius 2 is 1.89 bits per heavy atom. The van der Waals surface area contributed by atoms with E-state index in [1.165, 1.54) is 18.7 Å². The first-order valence-electron chi connectivity index (χ1n) is 10.8. The number of carbonyl (C=O) groups is 1. The smallest absolute Gasteiger partial charge is 0.383 e. The molecule has 2 aliphatic carbocycles. The van der Waals surface area contributed by atoms with Gasteiger partial charge in [-0.15, -0.1) is 0 Å². The maximum Gasteiger partial charge on any atom is 0.400 e. The predicted molar refractivity (Wildman–Crippen MR) is 117 cm³/mol. The normalized spacial score (nSPS) is 16.9. The zero-order valence-electron chi connectivity index (χ0n) is 18.0. The van der Waals surface area contributed by atoms with Gasteiger partial charge in [-0.2, -0.15) is 13.2 Å². The molecule has 0 aromatic carbocycles. The molecule has 4 heterocycles. The van der Waals surface area contributed by atoms with Gasteiger partial charge in [-0.05, 0) is 25.7 Å². The number of halogens is 3. The lowest BCUT2D eigenvalue weighted by Crippen LogP contribution is -2.28. The van der Waals surface area contributed by atoms with Crippen LogP contribution in [0.5, 0.6) is 0 Å². The molecule has 0 spiro atoms. The van der Waals surface area contributed by atoms with Crippen LogP contribution in [-0.2, 0) is 5.41 Å². The van der Waals surface area contributed by atoms with E-state index in [4.69, 9.17) is 10.3 Å². The van der Waals surface area contributed by atoms with Crippen LogP contribution >= 0.6 is 0 Å². The largest absolute Gasteiger partial charge is 0.400 e. The van der Waals surface area contributed by atoms with E-state index in [2.05, 4.69) is 40.3 Å². The number of carbonyl (C=O) groups excluding carboxylic acids is 1. The number of aromatic nitrogens is 6. The molecule has 11 nitrogen and oxygen atoms in total. The van der Waals surface area contributed by atoms with Crippen molar-refractivity contribution < 1.29 is 22.5 Å². The standard InChI is InChI=1S/C21H18F3N9O2/c22-21(23,24)20(3-4-20)13-5-14(35-32-13)30-19(34)31-18-26-6-10(7-27-18)12-8-33(11-1-2-11)17-15(12)16(25)28-9-29-17/h5-9,11H,1-4H2,(H2,25,28,29)(H2,26,27,30,31,34). The topological polar surface area (TPSA) is 150 Å². The molecule has 0 radical (unpaired) electrons. The van der Waals surface area contributed by atoms with Crippen molar-refractivity contribution in [2.24, 2.45) is 0 Å². The highest BCUT2D eigenvalue weighted by atomic mass is 19.4. The molecule has 14 heteroatoms. The highest BCUT2D eigenvalue weighted by molar-refractivity contribution is 6.01. The maximum atomic E-state index is 13.2. The molecule has 2 amide bonds. The molecule has 2 fully saturated rings. The van der Waals surface area contributed by atoms with Gasteiger partial charge in [0.05, 0.1) is 5.39 Å². The molecule has 0 atom stereocenters. The fourth-order valence-corrected chi connectivity index (χ4v) is 4.10. The number of alkyl halides is 3. The lowest BCUT2D eigenvalue weighted by atomic mass is 10.0. The van der Waals surface area contributed by atoms with Gasteiger partial charge in [0.1, 0.15) is 28.9 Å². The highest BCUT2D eigenvalue weighted by Gasteiger charge is 2.66. The number of hydrogen-bond donors (Lipinski definition) is 3. The lowest BCUT2D eigenvalue weighted by Gasteiger charge is -2.15. The van der Waals surface area contributed by atoms with Gasteiger partial charge in [0.15, 0.2) is 0 Å². The van der Waals surface area contributed by atoms with Crippen molar-refractivity contribution in [3.63, 3.8) is 0 Å². The third-order valence-electron chi connectivity index (χ3n) is 6.30. The van der Waals surface area contributed by atoms with Crippen LogP contribution in [0.3, 0.4) is 0 Å². The Kier molecular flexibility index (Phi) is 4.50. The first kappa shape index (κ1) is 21.3. The molecule has 4 N–H and O–H groups in total. The number of fused-ring (bicyclic) bond motifs is 1. The Hall–Kier alpha value is -4.23. The van der Waals surface area contributed by atoms with Gasteiger partial charge < -0.3 is 14.8 Å². The molecular weight excluding hydrogens is 467 g/mol. The molecule has 2 saturated carbocycles. The number of amides is 2. The molecule has 180 valence electrons. The van der Waals surface area contributed by atoms with Crippen molar-refractivity contribution in [3.05, 3.63) is 36.7 Å². The van der Waals surface area contributed by atoms with Crippen molar-refractivity contribution in [3.8, 4) is 11.1 Å². The second kappa shape index (κ2) is 7.38. The van der Waals surface area contributed by atoms with Crippen LogP contribution in [0.15, 0.2) is 35.5 Å². The summed E-state index contributed by atoms with van der Waals surface area (Å²) in [6.07, 6.45) is 3.98. The third-order valence-corrected chi connectivity index (χ3v) is 6.30. The number of hydrogen-bond acceptors (Lipinski definition) is 8. The summed E-state index contributed by atoms with van der Waals surface area (Å²) in [5, 5.41) is 8.89. The molecule has 6 rings (SSSR count). The summed E-state index contributed by atoms with van der Waals surface area (Å²) in [4.78, 5) is 29.0. The first-order chi connectivity index (χ1) is 16.7. The highest BCUT2D eigenvalue weighted by Crippen LogP contribution is 2.58. The van der Waals surface area contributed by atoms with Gasteiger partial charge in [-0.1, -0.05) is 5.16 Å². The Labute approximate surface area is 194 Å². The molecule has 0 unspecified atom stereocenters. The van der Waals surface area contributed by atoms with Crippen molar-refractivity contribution in [2.75, 3.05) is 16.4 Å². The fraction of sp³-hybridized carbons (Fsp3) is 0.333. The second-order valence-corrected chi connectivity index (χ2v) is 8.67. The third kappa shape index (κ3) is 3.61. The van der Waals surface area contributed by atoms with Crippen molar-refractivity contribution in [1.29, 1.82) is 0 Å². The SMILES string of the molecule is Nc1ncnc2c1c(-c1cnc(NC(=O)Nc3cc(C4(C(F)(F)F)CC4)no3)nc1)cn2C1CC1. The maximum absolute atomic E-state index is 13.2. The number of nitrogen functional groups attached to an aromatic ring is 1. The Bertz CT molecular complexity index is 1440. The molecule has 0 saturated heterocycles. The molecule has 4 aromatic rings. The second-order valence-electron chi connectivity index (χ2n) is 8.67. The summed E-state index contributed by atoms with van der Waals surface area (Å²) >= 11 is 0. The summed E-state index contributed by atoms with van der Waals surface area (Å²) in [6.45, 7) is 0. The summed E-state index contributed by atoms with van der Waals surface area (Å²) in [6, 6.07) is 0.653. The van der Waals surface area contributed by atoms with Gasteiger partial charge in [-0.25, -0.2) is 24.7 Å². The Balaban J connectivity index is 1.17. The molecule has 2 aliphatic rings. The minimum atomic E-state index is -4.43. The first-order valence-corrected chi connectivity index (χ1v) is 10.8. The van der Waals surface area contributed by atoms with Crippen LogP contribution in [0.2, 0.25) is 0 Å². The van der Waals surface area contributed by atoms with Crippen LogP contribution in [0.25, 0.3) is 22.2 Å². The summed E-state index contributed by atoms with van der Waals surface area (Å²) < 4.78 is 46.6. The van der Waals surface area contributed by atoms with Crippen LogP contribution < -0.4 is 16.4 Å². The van der Waals surface area contributed by atoms with Gasteiger partial charge in [0.25, 0.3) is 0 Å². The van der Waals surface area contributed by atoms with E-state index in [9.17, 15) is 18.0 Å². The Morgan fingerprint density at radius 1 is 1.14 bits per heavy atom. The molecule has 0 aliphatic heterocycles. The van der Waals surface area contributed by atoms with Crippen molar-refractivity contribution in [2.45, 2.75) is 43.3 Å². The zero-order chi connectivity index (χ0) is 24.4. The van der Waals surface area contributed by atoms with E-state index >= 15 is 0 Å². The van der Waals surface area contributed by atoms with Crippen molar-refractivity contribution >= 4 is 34.7 Å². The average molecular weight is 485 g/mol. The number of rotatable bonds is 5. The summed E-state index contributed by atoms with van der Waals surface area (Å²) in [7, 11) is 0. The van der Waals surface area contributed by atoms with Crippen LogP contribution in [-0.4, -0.2) is 41.9 Å². The van der Waals surface area contributed by atoms with Crippen LogP contribution in [0, 0.1) is 0 Å². The number of nitrogens with two attached hydrogens (primary N) is 1. The minimum absolute atomic E-state index is 0.0184. The number of anilines is 3. The van der Waals surface area contributed by atoms with E-state index in [1.54, 1.807) is 0 Å². The van der Waals surface area contributed by atoms with Crippen molar-refractivity contribution in [1.82, 2.24) is 29.7 Å². The summed E-state index contributed by atoms with van der Waals surface area (Å²) in [5.41, 5.74) is 6.02. The molecular formula is C21H18F3N9O2. The molecule has 0 bridgehead atoms. The van der Waals surface area contributed by atoms with Gasteiger partial charge in [-0.3, -0.25) is 10.6 Å². The number of nitrogens with one attached hydrogen (secondary N) is 2. The van der Waals surface area contributed by atoms with E-state index in [1.807, 2.05) is 6.20 Å². The zero-order valence-corrected chi connectivity index (χ0v) is 18.0. The monoisotopic (exact) mass is 485 g/mol. The van der Waals surface area contributed by atoms with E-state index in [0.717, 1.165) is 30.1 Å². The number of nitrogens with zero attached hydrogens (tertiary/aromatic N) is 6. The minimum Gasteiger partial charge on any atom is -0.383 e. The fourth-order valence-electron chi connectivity index (χ4n) is 4.10. The van der Waals surface area contributed by atoms with E-state index < -0.39 is 17.6 Å². The van der Waals surface area contributed by atoms with E-state index in [0.29, 0.717) is 22.8 Å². The van der Waals surface area contributed by atoms with Crippen LogP contribution in [0.4, 0.5) is 35.6 Å². The molecule has 35 heavy (non-hydrogen) atoms. The number of urea groups is 1. The lowest BCUT2D eigenvalue weighted by molar-refractivity contribution is -0.161. The average Bonchev–Trinajstić information content (AvgIpc) is 3.74.